The van der Waals surface area contributed by atoms with Crippen molar-refractivity contribution in [2.24, 2.45) is 5.92 Å². The maximum absolute atomic E-state index is 14.6. The maximum Gasteiger partial charge on any atom is 0.255 e. The van der Waals surface area contributed by atoms with Gasteiger partial charge in [0, 0.05) is 42.4 Å². The molecule has 0 saturated carbocycles. The number of aromatic amines is 1. The van der Waals surface area contributed by atoms with Crippen LogP contribution in [-0.4, -0.2) is 60.7 Å². The molecule has 3 unspecified atom stereocenters. The molecule has 4 bridgehead atoms. The number of amides is 1. The van der Waals surface area contributed by atoms with Gasteiger partial charge in [0.2, 0.25) is 0 Å². The molecule has 1 aromatic carbocycles. The van der Waals surface area contributed by atoms with E-state index in [9.17, 15) is 9.18 Å². The lowest BCUT2D eigenvalue weighted by molar-refractivity contribution is 0.0939. The maximum atomic E-state index is 14.6. The van der Waals surface area contributed by atoms with Gasteiger partial charge in [-0.25, -0.2) is 4.39 Å². The Morgan fingerprint density at radius 2 is 2.00 bits per heavy atom. The lowest BCUT2D eigenvalue weighted by atomic mass is 9.91. The monoisotopic (exact) mass is 547 g/mol. The van der Waals surface area contributed by atoms with Crippen LogP contribution in [0.2, 0.25) is 0 Å². The molecule has 0 aliphatic carbocycles. The van der Waals surface area contributed by atoms with Gasteiger partial charge in [0.1, 0.15) is 5.75 Å². The molecule has 0 spiro atoms. The highest BCUT2D eigenvalue weighted by molar-refractivity contribution is 6.07. The molecule has 3 atom stereocenters. The number of methoxy groups -OCH3 is 1. The van der Waals surface area contributed by atoms with Crippen molar-refractivity contribution in [1.29, 1.82) is 0 Å². The molecule has 5 heterocycles. The molecule has 9 heteroatoms. The molecule has 40 heavy (non-hydrogen) atoms. The summed E-state index contributed by atoms with van der Waals surface area (Å²) in [7, 11) is 1.44. The number of rotatable bonds is 3. The van der Waals surface area contributed by atoms with E-state index in [0.717, 1.165) is 49.3 Å². The van der Waals surface area contributed by atoms with Crippen LogP contribution in [0.5, 0.6) is 11.5 Å². The van der Waals surface area contributed by atoms with Crippen molar-refractivity contribution in [3.8, 4) is 22.8 Å². The second-order valence-electron chi connectivity index (χ2n) is 11.2. The zero-order valence-corrected chi connectivity index (χ0v) is 23.1. The Morgan fingerprint density at radius 3 is 2.90 bits per heavy atom. The van der Waals surface area contributed by atoms with Gasteiger partial charge in [-0.2, -0.15) is 0 Å². The number of fused-ring (bicyclic) bond motifs is 5. The summed E-state index contributed by atoms with van der Waals surface area (Å²) in [5.41, 5.74) is 4.04. The van der Waals surface area contributed by atoms with E-state index in [1.54, 1.807) is 24.5 Å². The number of H-pyrrole nitrogens is 1. The molecule has 1 amide bonds. The fraction of sp³-hybridized carbons (Fsp3) is 0.484. The number of hydrogen-bond donors (Lipinski definition) is 3. The van der Waals surface area contributed by atoms with Crippen LogP contribution in [0.15, 0.2) is 36.7 Å². The van der Waals surface area contributed by atoms with Gasteiger partial charge >= 0.3 is 0 Å². The summed E-state index contributed by atoms with van der Waals surface area (Å²) < 4.78 is 26.5. The Morgan fingerprint density at radius 1 is 1.12 bits per heavy atom. The number of hydrogen-bond acceptors (Lipinski definition) is 6. The van der Waals surface area contributed by atoms with E-state index in [4.69, 9.17) is 9.47 Å². The number of nitrogens with zero attached hydrogens (tertiary/aromatic N) is 2. The predicted octanol–water partition coefficient (Wildman–Crippen LogP) is 5.85. The van der Waals surface area contributed by atoms with E-state index in [-0.39, 0.29) is 17.6 Å². The molecular formula is C31H38FN5O3. The van der Waals surface area contributed by atoms with E-state index in [1.165, 1.54) is 45.4 Å². The third-order valence-electron chi connectivity index (χ3n) is 8.51. The predicted molar refractivity (Wildman–Crippen MR) is 153 cm³/mol. The van der Waals surface area contributed by atoms with Gasteiger partial charge in [-0.3, -0.25) is 9.78 Å². The minimum Gasteiger partial charge on any atom is -0.492 e. The molecule has 2 aromatic heterocycles. The van der Waals surface area contributed by atoms with Crippen LogP contribution in [0.4, 0.5) is 15.8 Å². The Balaban J connectivity index is 1.45. The molecule has 3 aromatic rings. The Bertz CT molecular complexity index is 1360. The average molecular weight is 548 g/mol. The van der Waals surface area contributed by atoms with Crippen LogP contribution < -0.4 is 20.1 Å². The van der Waals surface area contributed by atoms with Crippen LogP contribution in [0.25, 0.3) is 11.3 Å². The lowest BCUT2D eigenvalue weighted by Crippen LogP contribution is -2.38. The van der Waals surface area contributed by atoms with Crippen molar-refractivity contribution in [3.63, 3.8) is 0 Å². The minimum atomic E-state index is -0.475. The second kappa shape index (κ2) is 11.9. The normalized spacial score (nSPS) is 23.2. The smallest absolute Gasteiger partial charge is 0.255 e. The number of piperidine rings is 1. The summed E-state index contributed by atoms with van der Waals surface area (Å²) >= 11 is 0. The Labute approximate surface area is 234 Å². The van der Waals surface area contributed by atoms with Crippen LogP contribution in [0.3, 0.4) is 0 Å². The van der Waals surface area contributed by atoms with Gasteiger partial charge in [0.25, 0.3) is 5.91 Å². The molecule has 1 saturated heterocycles. The van der Waals surface area contributed by atoms with E-state index in [2.05, 4.69) is 25.5 Å². The lowest BCUT2D eigenvalue weighted by Gasteiger charge is -2.32. The highest BCUT2D eigenvalue weighted by Crippen LogP contribution is 2.44. The van der Waals surface area contributed by atoms with Gasteiger partial charge in [-0.1, -0.05) is 25.3 Å². The SMILES string of the molecule is COc1c(F)cccc1Nc1c2[nH]c3c1C(=O)NCC3CCCCCCN1CCCC(COc3cnccc3-2)C1. The van der Waals surface area contributed by atoms with Gasteiger partial charge < -0.3 is 30.0 Å². The second-order valence-corrected chi connectivity index (χ2v) is 11.2. The number of benzene rings is 1. The standard InChI is InChI=1S/C31H38FN5O3/c1-39-30-23(32)10-6-11-24(30)35-29-26-27-21(16-34-31(26)38)9-4-2-3-5-14-37-15-7-8-20(18-37)19-40-25-17-33-13-12-22(25)28(29)36-27/h6,10-13,17,20-21,35-36H,2-5,7-9,14-16,18-19H2,1H3,(H,34,38). The van der Waals surface area contributed by atoms with Crippen molar-refractivity contribution in [2.75, 3.05) is 45.2 Å². The van der Waals surface area contributed by atoms with Gasteiger partial charge in [-0.15, -0.1) is 0 Å². The van der Waals surface area contributed by atoms with Gasteiger partial charge in [0.15, 0.2) is 11.6 Å². The summed E-state index contributed by atoms with van der Waals surface area (Å²) in [5.74, 6) is 0.740. The topological polar surface area (TPSA) is 91.5 Å². The van der Waals surface area contributed by atoms with Crippen LogP contribution in [0, 0.1) is 11.7 Å². The fourth-order valence-corrected chi connectivity index (χ4v) is 6.47. The first-order chi connectivity index (χ1) is 19.6. The largest absolute Gasteiger partial charge is 0.492 e. The summed E-state index contributed by atoms with van der Waals surface area (Å²) in [6, 6.07) is 6.64. The molecule has 212 valence electrons. The van der Waals surface area contributed by atoms with E-state index < -0.39 is 5.82 Å². The third kappa shape index (κ3) is 5.39. The highest BCUT2D eigenvalue weighted by atomic mass is 19.1. The molecular weight excluding hydrogens is 509 g/mol. The Hall–Kier alpha value is -3.59. The number of ether oxygens (including phenoxy) is 2. The van der Waals surface area contributed by atoms with Crippen LogP contribution in [0.1, 0.15) is 66.9 Å². The molecule has 8 nitrogen and oxygen atoms in total. The van der Waals surface area contributed by atoms with E-state index in [0.29, 0.717) is 41.8 Å². The quantitative estimate of drug-likeness (QED) is 0.381. The van der Waals surface area contributed by atoms with Crippen molar-refractivity contribution in [1.82, 2.24) is 20.2 Å². The van der Waals surface area contributed by atoms with E-state index in [1.807, 2.05) is 6.07 Å². The number of halogens is 1. The zero-order valence-electron chi connectivity index (χ0n) is 23.1. The average Bonchev–Trinajstić information content (AvgIpc) is 3.35. The number of pyridine rings is 1. The number of anilines is 2. The third-order valence-corrected chi connectivity index (χ3v) is 8.51. The summed E-state index contributed by atoms with van der Waals surface area (Å²) in [6.45, 7) is 4.57. The highest BCUT2D eigenvalue weighted by Gasteiger charge is 2.34. The minimum absolute atomic E-state index is 0.0960. The van der Waals surface area contributed by atoms with Crippen LogP contribution >= 0.6 is 0 Å². The van der Waals surface area contributed by atoms with Crippen molar-refractivity contribution < 1.29 is 18.7 Å². The number of nitrogens with one attached hydrogen (secondary N) is 3. The van der Waals surface area contributed by atoms with Gasteiger partial charge in [-0.05, 0) is 57.0 Å². The number of carbonyl (C=O) groups is 1. The first-order valence-electron chi connectivity index (χ1n) is 14.6. The van der Waals surface area contributed by atoms with Crippen molar-refractivity contribution in [3.05, 3.63) is 53.7 Å². The van der Waals surface area contributed by atoms with Crippen molar-refractivity contribution >= 4 is 17.3 Å². The van der Waals surface area contributed by atoms with E-state index >= 15 is 0 Å². The summed E-state index contributed by atoms with van der Waals surface area (Å²) in [4.78, 5) is 24.0. The fourth-order valence-electron chi connectivity index (χ4n) is 6.47. The Kier molecular flexibility index (Phi) is 7.91. The molecule has 3 aliphatic heterocycles. The zero-order chi connectivity index (χ0) is 27.5. The van der Waals surface area contributed by atoms with Gasteiger partial charge in [0.05, 0.1) is 42.5 Å². The first kappa shape index (κ1) is 26.6. The van der Waals surface area contributed by atoms with Crippen LogP contribution in [-0.2, 0) is 0 Å². The van der Waals surface area contributed by atoms with Crippen molar-refractivity contribution in [2.45, 2.75) is 50.9 Å². The molecule has 3 aliphatic rings. The molecule has 1 fully saturated rings. The summed E-state index contributed by atoms with van der Waals surface area (Å²) in [5, 5.41) is 6.47. The first-order valence-corrected chi connectivity index (χ1v) is 14.6. The molecule has 6 rings (SSSR count). The molecule has 0 radical (unpaired) electrons. The molecule has 3 N–H and O–H groups in total. The number of aromatic nitrogens is 2. The summed E-state index contributed by atoms with van der Waals surface area (Å²) in [6.07, 6.45) is 11.5. The number of carbonyl (C=O) groups excluding carboxylic acids is 1. The number of para-hydroxylation sites is 1.